The molecular weight excluding hydrogens is 751 g/mol. The zero-order valence-corrected chi connectivity index (χ0v) is 33.2. The van der Waals surface area contributed by atoms with Crippen molar-refractivity contribution in [3.05, 3.63) is 133 Å². The monoisotopic (exact) mass is 799 g/mol. The number of nitriles is 1. The third-order valence-electron chi connectivity index (χ3n) is 9.04. The summed E-state index contributed by atoms with van der Waals surface area (Å²) in [6.07, 6.45) is 9.59. The summed E-state index contributed by atoms with van der Waals surface area (Å²) in [5.74, 6) is 0.834. The van der Waals surface area contributed by atoms with Crippen LogP contribution in [0.3, 0.4) is 0 Å². The Labute approximate surface area is 344 Å². The van der Waals surface area contributed by atoms with Crippen LogP contribution >= 0.6 is 0 Å². The molecule has 0 fully saturated rings. The number of benzene rings is 5. The lowest BCUT2D eigenvalue weighted by Crippen LogP contribution is -2.08. The van der Waals surface area contributed by atoms with Crippen molar-refractivity contribution in [2.75, 3.05) is 26.4 Å². The SMILES string of the molecule is C=CC(=O)OCCCCCCOc1ccc2cc(COc3ccc(OC(=O)c4ccc5cc(OCCCCCCOC(=O)C=C)ccc5c4)cc3C#N)ccc2c1.C=O. The molecule has 11 heteroatoms. The van der Waals surface area contributed by atoms with Crippen molar-refractivity contribution >= 4 is 46.2 Å². The van der Waals surface area contributed by atoms with Crippen molar-refractivity contribution in [1.82, 2.24) is 0 Å². The molecule has 0 saturated carbocycles. The number of carbonyl (C=O) groups excluding carboxylic acids is 4. The Morgan fingerprint density at radius 3 is 1.59 bits per heavy atom. The third-order valence-corrected chi connectivity index (χ3v) is 9.04. The Morgan fingerprint density at radius 2 is 1.03 bits per heavy atom. The van der Waals surface area contributed by atoms with Crippen molar-refractivity contribution in [1.29, 1.82) is 5.26 Å². The first-order valence-electron chi connectivity index (χ1n) is 19.4. The topological polar surface area (TPSA) is 147 Å². The number of hydrogen-bond acceptors (Lipinski definition) is 11. The summed E-state index contributed by atoms with van der Waals surface area (Å²) in [5, 5.41) is 13.7. The van der Waals surface area contributed by atoms with Gasteiger partial charge < -0.3 is 33.2 Å². The minimum Gasteiger partial charge on any atom is -0.494 e. The fourth-order valence-electron chi connectivity index (χ4n) is 5.97. The van der Waals surface area contributed by atoms with Gasteiger partial charge in [0.2, 0.25) is 0 Å². The second-order valence-corrected chi connectivity index (χ2v) is 13.3. The van der Waals surface area contributed by atoms with Crippen molar-refractivity contribution in [2.24, 2.45) is 0 Å². The van der Waals surface area contributed by atoms with Gasteiger partial charge in [-0.15, -0.1) is 0 Å². The molecule has 0 radical (unpaired) electrons. The summed E-state index contributed by atoms with van der Waals surface area (Å²) in [7, 11) is 0. The van der Waals surface area contributed by atoms with E-state index < -0.39 is 11.9 Å². The molecule has 0 spiro atoms. The van der Waals surface area contributed by atoms with E-state index in [4.69, 9.17) is 33.2 Å². The maximum atomic E-state index is 13.1. The van der Waals surface area contributed by atoms with Gasteiger partial charge in [0.1, 0.15) is 42.5 Å². The van der Waals surface area contributed by atoms with Crippen molar-refractivity contribution < 1.29 is 47.6 Å². The second-order valence-electron chi connectivity index (χ2n) is 13.3. The number of carbonyl (C=O) groups is 4. The zero-order valence-electron chi connectivity index (χ0n) is 33.2. The van der Waals surface area contributed by atoms with Crippen LogP contribution in [0.5, 0.6) is 23.0 Å². The Bertz CT molecular complexity index is 2240. The van der Waals surface area contributed by atoms with E-state index in [0.29, 0.717) is 37.7 Å². The lowest BCUT2D eigenvalue weighted by atomic mass is 10.1. The van der Waals surface area contributed by atoms with Crippen LogP contribution in [0.2, 0.25) is 0 Å². The molecule has 0 aliphatic heterocycles. The lowest BCUT2D eigenvalue weighted by Gasteiger charge is -2.12. The van der Waals surface area contributed by atoms with Crippen molar-refractivity contribution in [3.63, 3.8) is 0 Å². The van der Waals surface area contributed by atoms with Crippen LogP contribution in [0.15, 0.2) is 116 Å². The molecule has 0 heterocycles. The molecule has 0 saturated heterocycles. The summed E-state index contributed by atoms with van der Waals surface area (Å²) < 4.78 is 33.5. The van der Waals surface area contributed by atoms with Gasteiger partial charge in [-0.1, -0.05) is 43.5 Å². The highest BCUT2D eigenvalue weighted by atomic mass is 16.5. The molecule has 0 aliphatic carbocycles. The molecule has 0 atom stereocenters. The average Bonchev–Trinajstić information content (AvgIpc) is 3.27. The first-order valence-corrected chi connectivity index (χ1v) is 19.4. The molecule has 0 bridgehead atoms. The molecule has 5 aromatic carbocycles. The van der Waals surface area contributed by atoms with E-state index in [1.54, 1.807) is 24.3 Å². The van der Waals surface area contributed by atoms with Gasteiger partial charge in [0, 0.05) is 18.2 Å². The molecule has 5 rings (SSSR count). The number of fused-ring (bicyclic) bond motifs is 2. The normalized spacial score (nSPS) is 10.4. The van der Waals surface area contributed by atoms with Crippen LogP contribution in [0, 0.1) is 11.3 Å². The molecule has 0 unspecified atom stereocenters. The van der Waals surface area contributed by atoms with Crippen LogP contribution in [-0.4, -0.2) is 51.1 Å². The molecule has 0 N–H and O–H groups in total. The molecule has 306 valence electrons. The van der Waals surface area contributed by atoms with Gasteiger partial charge in [0.05, 0.1) is 37.6 Å². The van der Waals surface area contributed by atoms with Crippen LogP contribution < -0.4 is 18.9 Å². The van der Waals surface area contributed by atoms with Gasteiger partial charge >= 0.3 is 17.9 Å². The maximum absolute atomic E-state index is 13.1. The predicted molar refractivity (Wildman–Crippen MR) is 226 cm³/mol. The number of nitrogens with zero attached hydrogens (tertiary/aromatic N) is 1. The second kappa shape index (κ2) is 24.6. The van der Waals surface area contributed by atoms with E-state index >= 15 is 0 Å². The fourth-order valence-corrected chi connectivity index (χ4v) is 5.97. The fraction of sp³-hybridized carbons (Fsp3) is 0.271. The quantitative estimate of drug-likeness (QED) is 0.0269. The summed E-state index contributed by atoms with van der Waals surface area (Å²) in [4.78, 5) is 43.3. The van der Waals surface area contributed by atoms with Crippen LogP contribution in [-0.2, 0) is 30.5 Å². The minimum atomic E-state index is -0.542. The molecule has 0 aromatic heterocycles. The van der Waals surface area contributed by atoms with Crippen molar-refractivity contribution in [3.8, 4) is 29.1 Å². The van der Waals surface area contributed by atoms with Gasteiger partial charge in [0.15, 0.2) is 0 Å². The number of ether oxygens (including phenoxy) is 6. The molecular formula is C48H49NO10. The molecule has 59 heavy (non-hydrogen) atoms. The first kappa shape index (κ1) is 44.8. The first-order chi connectivity index (χ1) is 28.8. The van der Waals surface area contributed by atoms with E-state index in [1.807, 2.05) is 67.5 Å². The smallest absolute Gasteiger partial charge is 0.343 e. The third kappa shape index (κ3) is 14.8. The summed E-state index contributed by atoms with van der Waals surface area (Å²) in [5.41, 5.74) is 1.56. The van der Waals surface area contributed by atoms with E-state index in [-0.39, 0.29) is 23.9 Å². The highest BCUT2D eigenvalue weighted by molar-refractivity contribution is 5.96. The number of unbranched alkanes of at least 4 members (excludes halogenated alkanes) is 6. The Balaban J connectivity index is 0.00000378. The summed E-state index contributed by atoms with van der Waals surface area (Å²) in [6.45, 7) is 11.0. The van der Waals surface area contributed by atoms with Crippen LogP contribution in [0.1, 0.15) is 72.9 Å². The molecule has 11 nitrogen and oxygen atoms in total. The molecule has 0 amide bonds. The average molecular weight is 800 g/mol. The van der Waals surface area contributed by atoms with Gasteiger partial charge in [-0.3, -0.25) is 0 Å². The summed E-state index contributed by atoms with van der Waals surface area (Å²) >= 11 is 0. The van der Waals surface area contributed by atoms with Gasteiger partial charge in [-0.05, 0) is 133 Å². The van der Waals surface area contributed by atoms with E-state index in [9.17, 15) is 19.6 Å². The van der Waals surface area contributed by atoms with Gasteiger partial charge in [-0.2, -0.15) is 5.26 Å². The van der Waals surface area contributed by atoms with Crippen molar-refractivity contribution in [2.45, 2.75) is 58.0 Å². The van der Waals surface area contributed by atoms with E-state index in [0.717, 1.165) is 96.0 Å². The summed E-state index contributed by atoms with van der Waals surface area (Å²) in [6, 6.07) is 29.9. The minimum absolute atomic E-state index is 0.237. The van der Waals surface area contributed by atoms with Gasteiger partial charge in [-0.25, -0.2) is 14.4 Å². The largest absolute Gasteiger partial charge is 0.494 e. The number of hydrogen-bond donors (Lipinski definition) is 0. The maximum Gasteiger partial charge on any atom is 0.343 e. The number of rotatable bonds is 23. The van der Waals surface area contributed by atoms with E-state index in [2.05, 4.69) is 19.2 Å². The van der Waals surface area contributed by atoms with E-state index in [1.165, 1.54) is 12.1 Å². The highest BCUT2D eigenvalue weighted by Gasteiger charge is 2.13. The Hall–Kier alpha value is -6.93. The van der Waals surface area contributed by atoms with Crippen LogP contribution in [0.25, 0.3) is 21.5 Å². The molecule has 5 aromatic rings. The Morgan fingerprint density at radius 1 is 0.542 bits per heavy atom. The van der Waals surface area contributed by atoms with Gasteiger partial charge in [0.25, 0.3) is 0 Å². The lowest BCUT2D eigenvalue weighted by molar-refractivity contribution is -0.138. The zero-order chi connectivity index (χ0) is 42.2. The standard InChI is InChI=1S/C47H47NO9.CH2O/c1-3-45(49)54-25-11-7-5-9-23-52-41-19-17-35-27-34(13-14-37(35)29-41)33-56-44-22-21-43(31-40(44)32-48)57-47(51)39-16-15-38-30-42(20-18-36(38)28-39)53-24-10-6-8-12-26-55-46(50)4-2;1-2/h3-4,13-22,27-31H,1-2,5-12,23-26,33H2;1H2. The molecule has 0 aliphatic rings. The predicted octanol–water partition coefficient (Wildman–Crippen LogP) is 9.81. The number of esters is 3. The van der Waals surface area contributed by atoms with Crippen LogP contribution in [0.4, 0.5) is 0 Å². The Kier molecular flexibility index (Phi) is 18.7. The highest BCUT2D eigenvalue weighted by Crippen LogP contribution is 2.28.